The van der Waals surface area contributed by atoms with Crippen LogP contribution in [0.5, 0.6) is 0 Å². The maximum absolute atomic E-state index is 4.06. The zero-order chi connectivity index (χ0) is 12.3. The van der Waals surface area contributed by atoms with E-state index in [0.717, 1.165) is 12.5 Å². The lowest BCUT2D eigenvalue weighted by Crippen LogP contribution is -2.21. The molecule has 94 valence electrons. The van der Waals surface area contributed by atoms with Gasteiger partial charge in [0.15, 0.2) is 0 Å². The molecule has 0 aromatic carbocycles. The predicted molar refractivity (Wildman–Crippen MR) is 71.7 cm³/mol. The van der Waals surface area contributed by atoms with Gasteiger partial charge in [-0.1, -0.05) is 20.8 Å². The fourth-order valence-corrected chi connectivity index (χ4v) is 2.84. The van der Waals surface area contributed by atoms with Crippen molar-refractivity contribution in [2.45, 2.75) is 40.2 Å². The van der Waals surface area contributed by atoms with Gasteiger partial charge in [-0.15, -0.1) is 0 Å². The molecule has 2 heterocycles. The third kappa shape index (κ3) is 4.12. The zero-order valence-corrected chi connectivity index (χ0v) is 11.3. The first-order valence-corrected chi connectivity index (χ1v) is 6.64. The van der Waals surface area contributed by atoms with Crippen LogP contribution in [0.4, 0.5) is 0 Å². The second kappa shape index (κ2) is 5.18. The normalized spacial score (nSPS) is 21.9. The second-order valence-electron chi connectivity index (χ2n) is 6.51. The van der Waals surface area contributed by atoms with E-state index in [0.29, 0.717) is 5.41 Å². The fraction of sp³-hybridized carbons (Fsp3) is 0.667. The second-order valence-corrected chi connectivity index (χ2v) is 6.51. The van der Waals surface area contributed by atoms with Crippen LogP contribution >= 0.6 is 0 Å². The molecule has 0 saturated carbocycles. The number of rotatable bonds is 3. The number of aromatic nitrogens is 1. The molecule has 2 nitrogen and oxygen atoms in total. The molecule has 0 aliphatic carbocycles. The Morgan fingerprint density at radius 2 is 2.00 bits per heavy atom. The van der Waals surface area contributed by atoms with Crippen LogP contribution in [-0.4, -0.2) is 23.0 Å². The molecule has 1 aliphatic heterocycles. The van der Waals surface area contributed by atoms with Crippen molar-refractivity contribution < 1.29 is 0 Å². The van der Waals surface area contributed by atoms with Gasteiger partial charge in [0.25, 0.3) is 0 Å². The van der Waals surface area contributed by atoms with Crippen LogP contribution in [-0.2, 0) is 6.54 Å². The highest BCUT2D eigenvalue weighted by Gasteiger charge is 2.26. The van der Waals surface area contributed by atoms with Gasteiger partial charge in [-0.2, -0.15) is 0 Å². The first-order chi connectivity index (χ1) is 8.03. The van der Waals surface area contributed by atoms with E-state index >= 15 is 0 Å². The maximum Gasteiger partial charge on any atom is 0.0271 e. The lowest BCUT2D eigenvalue weighted by molar-refractivity contribution is 0.269. The van der Waals surface area contributed by atoms with Crippen LogP contribution in [0, 0.1) is 11.3 Å². The Labute approximate surface area is 105 Å². The molecular weight excluding hydrogens is 208 g/mol. The number of hydrogen-bond donors (Lipinski definition) is 0. The molecule has 2 heteroatoms. The summed E-state index contributed by atoms with van der Waals surface area (Å²) in [5, 5.41) is 0. The minimum atomic E-state index is 0.470. The summed E-state index contributed by atoms with van der Waals surface area (Å²) in [6.45, 7) is 10.6. The van der Waals surface area contributed by atoms with Crippen LogP contribution in [0.2, 0.25) is 0 Å². The Morgan fingerprint density at radius 3 is 2.65 bits per heavy atom. The summed E-state index contributed by atoms with van der Waals surface area (Å²) in [5.41, 5.74) is 1.86. The van der Waals surface area contributed by atoms with Gasteiger partial charge in [0.1, 0.15) is 0 Å². The van der Waals surface area contributed by atoms with Gasteiger partial charge < -0.3 is 0 Å². The van der Waals surface area contributed by atoms with Crippen LogP contribution < -0.4 is 0 Å². The zero-order valence-electron chi connectivity index (χ0n) is 11.3. The van der Waals surface area contributed by atoms with Crippen LogP contribution in [0.15, 0.2) is 24.5 Å². The molecule has 0 amide bonds. The summed E-state index contributed by atoms with van der Waals surface area (Å²) in [5.74, 6) is 0.886. The topological polar surface area (TPSA) is 16.1 Å². The van der Waals surface area contributed by atoms with E-state index in [-0.39, 0.29) is 0 Å². The Morgan fingerprint density at radius 1 is 1.29 bits per heavy atom. The molecule has 0 N–H and O–H groups in total. The summed E-state index contributed by atoms with van der Waals surface area (Å²) in [4.78, 5) is 6.64. The molecule has 1 atom stereocenters. The molecule has 1 aromatic heterocycles. The third-order valence-corrected chi connectivity index (χ3v) is 3.43. The summed E-state index contributed by atoms with van der Waals surface area (Å²) in [6.07, 6.45) is 6.48. The number of nitrogens with zero attached hydrogens (tertiary/aromatic N) is 2. The van der Waals surface area contributed by atoms with Crippen molar-refractivity contribution in [1.82, 2.24) is 9.88 Å². The van der Waals surface area contributed by atoms with Gasteiger partial charge in [-0.05, 0) is 48.4 Å². The van der Waals surface area contributed by atoms with Crippen molar-refractivity contribution in [3.05, 3.63) is 30.1 Å². The summed E-state index contributed by atoms with van der Waals surface area (Å²) in [7, 11) is 0. The summed E-state index contributed by atoms with van der Waals surface area (Å²) in [6, 6.07) is 4.24. The smallest absolute Gasteiger partial charge is 0.0271 e. The average molecular weight is 232 g/mol. The number of pyridine rings is 1. The van der Waals surface area contributed by atoms with E-state index in [1.54, 1.807) is 0 Å². The fourth-order valence-electron chi connectivity index (χ4n) is 2.84. The molecule has 2 rings (SSSR count). The Balaban J connectivity index is 1.82. The molecule has 0 bridgehead atoms. The van der Waals surface area contributed by atoms with Crippen molar-refractivity contribution in [3.8, 4) is 0 Å². The van der Waals surface area contributed by atoms with Crippen LogP contribution in [0.3, 0.4) is 0 Å². The van der Waals surface area contributed by atoms with Crippen molar-refractivity contribution >= 4 is 0 Å². The van der Waals surface area contributed by atoms with Gasteiger partial charge in [0.2, 0.25) is 0 Å². The quantitative estimate of drug-likeness (QED) is 0.794. The molecule has 17 heavy (non-hydrogen) atoms. The van der Waals surface area contributed by atoms with Gasteiger partial charge in [-0.3, -0.25) is 9.88 Å². The summed E-state index contributed by atoms with van der Waals surface area (Å²) < 4.78 is 0. The van der Waals surface area contributed by atoms with E-state index in [4.69, 9.17) is 0 Å². The van der Waals surface area contributed by atoms with Crippen molar-refractivity contribution in [2.24, 2.45) is 11.3 Å². The lowest BCUT2D eigenvalue weighted by Gasteiger charge is -2.23. The monoisotopic (exact) mass is 232 g/mol. The van der Waals surface area contributed by atoms with Gasteiger partial charge >= 0.3 is 0 Å². The molecule has 0 radical (unpaired) electrons. The van der Waals surface area contributed by atoms with Gasteiger partial charge in [0.05, 0.1) is 0 Å². The van der Waals surface area contributed by atoms with E-state index in [9.17, 15) is 0 Å². The predicted octanol–water partition coefficient (Wildman–Crippen LogP) is 3.34. The molecule has 1 aliphatic rings. The van der Waals surface area contributed by atoms with Crippen LogP contribution in [0.1, 0.15) is 39.2 Å². The highest BCUT2D eigenvalue weighted by molar-refractivity contribution is 5.09. The van der Waals surface area contributed by atoms with E-state index in [2.05, 4.69) is 42.8 Å². The largest absolute Gasteiger partial charge is 0.299 e. The van der Waals surface area contributed by atoms with E-state index < -0.39 is 0 Å². The minimum absolute atomic E-state index is 0.470. The Bertz CT molecular complexity index is 340. The first-order valence-electron chi connectivity index (χ1n) is 6.64. The lowest BCUT2D eigenvalue weighted by atomic mass is 9.84. The van der Waals surface area contributed by atoms with Crippen molar-refractivity contribution in [2.75, 3.05) is 13.1 Å². The highest BCUT2D eigenvalue weighted by atomic mass is 15.1. The Hall–Kier alpha value is -0.890. The highest BCUT2D eigenvalue weighted by Crippen LogP contribution is 2.30. The van der Waals surface area contributed by atoms with Crippen LogP contribution in [0.25, 0.3) is 0 Å². The maximum atomic E-state index is 4.06. The third-order valence-electron chi connectivity index (χ3n) is 3.43. The van der Waals surface area contributed by atoms with Gasteiger partial charge in [0, 0.05) is 25.5 Å². The van der Waals surface area contributed by atoms with Crippen molar-refractivity contribution in [1.29, 1.82) is 0 Å². The molecule has 1 saturated heterocycles. The van der Waals surface area contributed by atoms with Gasteiger partial charge in [-0.25, -0.2) is 0 Å². The molecule has 0 spiro atoms. The standard InChI is InChI=1S/C15H24N2/c1-15(2,3)10-14-6-9-17(12-14)11-13-4-7-16-8-5-13/h4-5,7-8,14H,6,9-12H2,1-3H3. The number of hydrogen-bond acceptors (Lipinski definition) is 2. The minimum Gasteiger partial charge on any atom is -0.299 e. The Kier molecular flexibility index (Phi) is 3.82. The van der Waals surface area contributed by atoms with E-state index in [1.165, 1.54) is 31.5 Å². The molecule has 1 unspecified atom stereocenters. The first kappa shape index (κ1) is 12.6. The molecular formula is C15H24N2. The van der Waals surface area contributed by atoms with E-state index in [1.807, 2.05) is 12.4 Å². The number of likely N-dealkylation sites (tertiary alicyclic amines) is 1. The SMILES string of the molecule is CC(C)(C)CC1CCN(Cc2ccncc2)C1. The molecule has 1 aromatic rings. The molecule has 1 fully saturated rings. The summed E-state index contributed by atoms with van der Waals surface area (Å²) >= 11 is 0. The average Bonchev–Trinajstić information content (AvgIpc) is 2.64. The van der Waals surface area contributed by atoms with Crippen molar-refractivity contribution in [3.63, 3.8) is 0 Å².